The second-order valence-electron chi connectivity index (χ2n) is 9.59. The summed E-state index contributed by atoms with van der Waals surface area (Å²) in [6, 6.07) is 26.7. The number of hydrogen-bond donors (Lipinski definition) is 2. The van der Waals surface area contributed by atoms with Crippen LogP contribution in [0.4, 0.5) is 11.4 Å². The Kier molecular flexibility index (Phi) is 6.36. The highest BCUT2D eigenvalue weighted by molar-refractivity contribution is 6.14. The molecule has 0 saturated carbocycles. The minimum Gasteiger partial charge on any atom is -0.378 e. The molecule has 6 rings (SSSR count). The molecular formula is C30H31N4O2+. The Hall–Kier alpha value is -3.74. The van der Waals surface area contributed by atoms with E-state index >= 15 is 0 Å². The van der Waals surface area contributed by atoms with Crippen molar-refractivity contribution in [3.63, 3.8) is 0 Å². The summed E-state index contributed by atoms with van der Waals surface area (Å²) in [5.41, 5.74) is 6.97. The Morgan fingerprint density at radius 1 is 0.944 bits per heavy atom. The van der Waals surface area contributed by atoms with Gasteiger partial charge in [-0.2, -0.15) is 0 Å². The van der Waals surface area contributed by atoms with Crippen LogP contribution in [0.2, 0.25) is 0 Å². The van der Waals surface area contributed by atoms with Gasteiger partial charge in [0.25, 0.3) is 5.91 Å². The second-order valence-corrected chi connectivity index (χ2v) is 9.59. The van der Waals surface area contributed by atoms with Crippen molar-refractivity contribution in [1.82, 2.24) is 4.98 Å². The highest BCUT2D eigenvalue weighted by Crippen LogP contribution is 2.30. The number of ether oxygens (including phenoxy) is 1. The summed E-state index contributed by atoms with van der Waals surface area (Å²) in [4.78, 5) is 22.7. The third-order valence-corrected chi connectivity index (χ3v) is 7.25. The van der Waals surface area contributed by atoms with Gasteiger partial charge in [0.15, 0.2) is 0 Å². The van der Waals surface area contributed by atoms with Crippen molar-refractivity contribution in [2.45, 2.75) is 19.5 Å². The number of nitrogens with zero attached hydrogens (tertiary/aromatic N) is 2. The lowest BCUT2D eigenvalue weighted by Crippen LogP contribution is -3.10. The number of amides is 1. The molecule has 2 aliphatic heterocycles. The maximum Gasteiger partial charge on any atom is 0.256 e. The van der Waals surface area contributed by atoms with E-state index in [0.717, 1.165) is 78.2 Å². The number of benzene rings is 3. The Balaban J connectivity index is 1.36. The average Bonchev–Trinajstić information content (AvgIpc) is 2.93. The van der Waals surface area contributed by atoms with E-state index in [1.54, 1.807) is 0 Å². The molecule has 1 amide bonds. The Morgan fingerprint density at radius 3 is 2.56 bits per heavy atom. The molecule has 182 valence electrons. The molecule has 1 aromatic heterocycles. The first kappa shape index (κ1) is 22.7. The Bertz CT molecular complexity index is 1380. The molecule has 4 aromatic rings. The topological polar surface area (TPSA) is 58.9 Å². The van der Waals surface area contributed by atoms with Crippen LogP contribution in [0.1, 0.15) is 27.2 Å². The fourth-order valence-corrected chi connectivity index (χ4v) is 5.47. The first-order valence-corrected chi connectivity index (χ1v) is 12.8. The van der Waals surface area contributed by atoms with E-state index in [4.69, 9.17) is 9.72 Å². The largest absolute Gasteiger partial charge is 0.378 e. The first-order valence-electron chi connectivity index (χ1n) is 12.8. The number of hydrogen-bond acceptors (Lipinski definition) is 4. The zero-order chi connectivity index (χ0) is 24.3. The molecule has 36 heavy (non-hydrogen) atoms. The summed E-state index contributed by atoms with van der Waals surface area (Å²) in [5.74, 6) is -0.0634. The predicted octanol–water partition coefficient (Wildman–Crippen LogP) is 3.46. The molecule has 2 aliphatic rings. The van der Waals surface area contributed by atoms with Crippen LogP contribution in [0.25, 0.3) is 10.9 Å². The van der Waals surface area contributed by atoms with Crippen molar-refractivity contribution in [3.05, 3.63) is 101 Å². The number of rotatable bonds is 5. The van der Waals surface area contributed by atoms with E-state index < -0.39 is 0 Å². The summed E-state index contributed by atoms with van der Waals surface area (Å²) in [6.45, 7) is 5.77. The van der Waals surface area contributed by atoms with Gasteiger partial charge >= 0.3 is 0 Å². The number of nitrogens with one attached hydrogen (secondary N) is 2. The second kappa shape index (κ2) is 10.1. The minimum atomic E-state index is -0.0634. The van der Waals surface area contributed by atoms with Gasteiger partial charge in [0.05, 0.1) is 47.9 Å². The molecule has 3 aromatic carbocycles. The van der Waals surface area contributed by atoms with Gasteiger partial charge < -0.3 is 19.9 Å². The summed E-state index contributed by atoms with van der Waals surface area (Å²) in [6.07, 6.45) is 0.868. The monoisotopic (exact) mass is 479 g/mol. The minimum absolute atomic E-state index is 0.0634. The van der Waals surface area contributed by atoms with Crippen molar-refractivity contribution in [2.24, 2.45) is 0 Å². The van der Waals surface area contributed by atoms with Crippen LogP contribution in [0.15, 0.2) is 78.9 Å². The summed E-state index contributed by atoms with van der Waals surface area (Å²) >= 11 is 0. The smallest absolute Gasteiger partial charge is 0.256 e. The van der Waals surface area contributed by atoms with E-state index in [1.165, 1.54) is 10.5 Å². The quantitative estimate of drug-likeness (QED) is 0.460. The summed E-state index contributed by atoms with van der Waals surface area (Å²) < 4.78 is 5.54. The molecule has 1 atom stereocenters. The molecule has 0 spiro atoms. The van der Waals surface area contributed by atoms with Crippen LogP contribution in [-0.2, 0) is 24.2 Å². The van der Waals surface area contributed by atoms with Gasteiger partial charge in [-0.1, -0.05) is 60.7 Å². The number of carbonyl (C=O) groups is 1. The number of aromatic nitrogens is 1. The maximum absolute atomic E-state index is 14.0. The van der Waals surface area contributed by atoms with Gasteiger partial charge in [0, 0.05) is 36.0 Å². The Morgan fingerprint density at radius 2 is 1.69 bits per heavy atom. The van der Waals surface area contributed by atoms with Crippen molar-refractivity contribution < 1.29 is 14.4 Å². The maximum atomic E-state index is 14.0. The van der Waals surface area contributed by atoms with Gasteiger partial charge in [0.2, 0.25) is 0 Å². The van der Waals surface area contributed by atoms with E-state index in [1.807, 2.05) is 42.5 Å². The lowest BCUT2D eigenvalue weighted by Gasteiger charge is -2.31. The zero-order valence-corrected chi connectivity index (χ0v) is 20.4. The number of morpholine rings is 1. The number of carbonyl (C=O) groups excluding carboxylic acids is 1. The molecule has 1 saturated heterocycles. The lowest BCUT2D eigenvalue weighted by atomic mass is 9.94. The fourth-order valence-electron chi connectivity index (χ4n) is 5.47. The normalized spacial score (nSPS) is 17.6. The number of quaternary nitrogens is 1. The molecule has 3 heterocycles. The molecule has 0 aliphatic carbocycles. The number of para-hydroxylation sites is 3. The van der Waals surface area contributed by atoms with E-state index in [-0.39, 0.29) is 5.91 Å². The third kappa shape index (κ3) is 4.57. The summed E-state index contributed by atoms with van der Waals surface area (Å²) in [5, 5.41) is 4.19. The highest BCUT2D eigenvalue weighted by atomic mass is 16.5. The first-order chi connectivity index (χ1) is 17.8. The van der Waals surface area contributed by atoms with Gasteiger partial charge in [0.1, 0.15) is 13.1 Å². The molecule has 0 bridgehead atoms. The number of fused-ring (bicyclic) bond motifs is 2. The SMILES string of the molecule is O=C(Nc1ccccc1N1CCOCC1)c1c2c(nc3ccccc13)CC[NH+](Cc1ccccc1)C2. The Labute approximate surface area is 211 Å². The van der Waals surface area contributed by atoms with Gasteiger partial charge in [-0.25, -0.2) is 0 Å². The predicted molar refractivity (Wildman–Crippen MR) is 143 cm³/mol. The zero-order valence-electron chi connectivity index (χ0n) is 20.4. The summed E-state index contributed by atoms with van der Waals surface area (Å²) in [7, 11) is 0. The van der Waals surface area contributed by atoms with E-state index in [9.17, 15) is 4.79 Å². The van der Waals surface area contributed by atoms with Crippen molar-refractivity contribution in [1.29, 1.82) is 0 Å². The highest BCUT2D eigenvalue weighted by Gasteiger charge is 2.29. The molecule has 1 unspecified atom stereocenters. The molecular weight excluding hydrogens is 448 g/mol. The van der Waals surface area contributed by atoms with Crippen molar-refractivity contribution in [2.75, 3.05) is 43.1 Å². The van der Waals surface area contributed by atoms with Crippen LogP contribution in [0.3, 0.4) is 0 Å². The van der Waals surface area contributed by atoms with Gasteiger partial charge in [-0.05, 0) is 18.2 Å². The standard InChI is InChI=1S/C30H30N4O2/c35-30(32-27-12-6-7-13-28(27)34-16-18-36-19-17-34)29-23-10-4-5-11-25(23)31-26-14-15-33(21-24(26)29)20-22-8-2-1-3-9-22/h1-13H,14-21H2,(H,32,35)/p+1. The van der Waals surface area contributed by atoms with Crippen LogP contribution >= 0.6 is 0 Å². The number of pyridine rings is 1. The molecule has 1 fully saturated rings. The van der Waals surface area contributed by atoms with Crippen LogP contribution in [0, 0.1) is 0 Å². The van der Waals surface area contributed by atoms with Gasteiger partial charge in [-0.15, -0.1) is 0 Å². The molecule has 2 N–H and O–H groups in total. The molecule has 6 heteroatoms. The van der Waals surface area contributed by atoms with E-state index in [0.29, 0.717) is 13.2 Å². The van der Waals surface area contributed by atoms with E-state index in [2.05, 4.69) is 46.6 Å². The van der Waals surface area contributed by atoms with Gasteiger partial charge in [-0.3, -0.25) is 9.78 Å². The lowest BCUT2D eigenvalue weighted by molar-refractivity contribution is -0.929. The average molecular weight is 480 g/mol. The van der Waals surface area contributed by atoms with Crippen molar-refractivity contribution >= 4 is 28.2 Å². The number of anilines is 2. The van der Waals surface area contributed by atoms with Crippen LogP contribution in [-0.4, -0.2) is 43.7 Å². The van der Waals surface area contributed by atoms with Crippen LogP contribution in [0.5, 0.6) is 0 Å². The van der Waals surface area contributed by atoms with Crippen LogP contribution < -0.4 is 15.1 Å². The fraction of sp³-hybridized carbons (Fsp3) is 0.267. The van der Waals surface area contributed by atoms with Crippen molar-refractivity contribution in [3.8, 4) is 0 Å². The molecule has 0 radical (unpaired) electrons. The molecule has 6 nitrogen and oxygen atoms in total. The third-order valence-electron chi connectivity index (χ3n) is 7.25.